The standard InChI is InChI=1S/C23H24FN3O3S/c1-31(29,30)27-18-5-13-7-22(9-19(27)23(18,8-13)11-22)20(28)6-16-21-14(3-2-4-15(21)24)17-10-25-12-26(16)17/h2-4,10,12-13,16,18-19H,5-9,11H2,1H3. The van der Waals surface area contributed by atoms with E-state index in [4.69, 9.17) is 0 Å². The molecule has 3 heterocycles. The Morgan fingerprint density at radius 3 is 2.90 bits per heavy atom. The molecule has 7 rings (SSSR count). The number of Topliss-reactive ketones (excluding diaryl/α,β-unsaturated/α-hetero) is 1. The van der Waals surface area contributed by atoms with Gasteiger partial charge in [-0.2, -0.15) is 4.31 Å². The highest BCUT2D eigenvalue weighted by Crippen LogP contribution is 2.75. The smallest absolute Gasteiger partial charge is 0.211 e. The van der Waals surface area contributed by atoms with Crippen LogP contribution in [0.25, 0.3) is 11.3 Å². The maximum atomic E-state index is 14.8. The van der Waals surface area contributed by atoms with Gasteiger partial charge in [0.2, 0.25) is 10.0 Å². The highest BCUT2D eigenvalue weighted by atomic mass is 32.2. The molecule has 162 valence electrons. The monoisotopic (exact) mass is 441 g/mol. The van der Waals surface area contributed by atoms with Gasteiger partial charge in [-0.3, -0.25) is 4.79 Å². The molecule has 6 atom stereocenters. The molecule has 1 aromatic heterocycles. The molecule has 1 saturated heterocycles. The molecule has 3 aliphatic carbocycles. The Labute approximate surface area is 180 Å². The van der Waals surface area contributed by atoms with Gasteiger partial charge in [0.15, 0.2) is 0 Å². The second-order valence-corrected chi connectivity index (χ2v) is 12.4. The summed E-state index contributed by atoms with van der Waals surface area (Å²) in [5.74, 6) is 0.297. The largest absolute Gasteiger partial charge is 0.322 e. The fraction of sp³-hybridized carbons (Fsp3) is 0.565. The van der Waals surface area contributed by atoms with Crippen molar-refractivity contribution < 1.29 is 17.6 Å². The molecule has 0 N–H and O–H groups in total. The van der Waals surface area contributed by atoms with Crippen molar-refractivity contribution in [3.05, 3.63) is 42.1 Å². The fourth-order valence-electron chi connectivity index (χ4n) is 8.33. The Hall–Kier alpha value is -2.06. The van der Waals surface area contributed by atoms with E-state index in [9.17, 15) is 17.6 Å². The zero-order chi connectivity index (χ0) is 21.3. The Morgan fingerprint density at radius 1 is 1.26 bits per heavy atom. The van der Waals surface area contributed by atoms with Gasteiger partial charge in [0.25, 0.3) is 0 Å². The highest BCUT2D eigenvalue weighted by Gasteiger charge is 2.77. The minimum Gasteiger partial charge on any atom is -0.322 e. The van der Waals surface area contributed by atoms with Crippen molar-refractivity contribution >= 4 is 15.8 Å². The van der Waals surface area contributed by atoms with Crippen LogP contribution in [0, 0.1) is 22.6 Å². The average Bonchev–Trinajstić information content (AvgIpc) is 3.37. The van der Waals surface area contributed by atoms with E-state index in [0.717, 1.165) is 36.9 Å². The minimum atomic E-state index is -3.28. The molecule has 31 heavy (non-hydrogen) atoms. The summed E-state index contributed by atoms with van der Waals surface area (Å²) in [6, 6.07) is 4.69. The Bertz CT molecular complexity index is 1270. The van der Waals surface area contributed by atoms with E-state index < -0.39 is 15.4 Å². The number of nitrogens with zero attached hydrogens (tertiary/aromatic N) is 3. The first-order chi connectivity index (χ1) is 14.7. The maximum Gasteiger partial charge on any atom is 0.211 e. The average molecular weight is 442 g/mol. The molecule has 2 aromatic rings. The number of hydrogen-bond acceptors (Lipinski definition) is 4. The summed E-state index contributed by atoms with van der Waals surface area (Å²) < 4.78 is 43.3. The van der Waals surface area contributed by atoms with E-state index in [1.807, 2.05) is 10.6 Å². The van der Waals surface area contributed by atoms with Crippen LogP contribution in [0.4, 0.5) is 4.39 Å². The molecule has 8 heteroatoms. The van der Waals surface area contributed by atoms with Gasteiger partial charge in [0.1, 0.15) is 11.6 Å². The van der Waals surface area contributed by atoms with Gasteiger partial charge in [0, 0.05) is 40.5 Å². The van der Waals surface area contributed by atoms with Gasteiger partial charge in [-0.25, -0.2) is 17.8 Å². The van der Waals surface area contributed by atoms with Gasteiger partial charge >= 0.3 is 0 Å². The van der Waals surface area contributed by atoms with E-state index >= 15 is 0 Å². The maximum absolute atomic E-state index is 14.8. The number of fused-ring (bicyclic) bond motifs is 5. The Morgan fingerprint density at radius 2 is 2.10 bits per heavy atom. The third-order valence-corrected chi connectivity index (χ3v) is 10.4. The van der Waals surface area contributed by atoms with Gasteiger partial charge in [-0.15, -0.1) is 0 Å². The molecular formula is C23H24FN3O3S. The lowest BCUT2D eigenvalue weighted by Crippen LogP contribution is -2.68. The molecule has 2 aliphatic heterocycles. The van der Waals surface area contributed by atoms with Crippen LogP contribution in [0.2, 0.25) is 0 Å². The third kappa shape index (κ3) is 2.09. The number of carbonyl (C=O) groups excluding carboxylic acids is 1. The van der Waals surface area contributed by atoms with E-state index in [2.05, 4.69) is 4.98 Å². The van der Waals surface area contributed by atoms with Crippen LogP contribution < -0.4 is 0 Å². The normalized spacial score (nSPS) is 39.3. The minimum absolute atomic E-state index is 0.0132. The molecule has 6 nitrogen and oxygen atoms in total. The summed E-state index contributed by atoms with van der Waals surface area (Å²) in [6.07, 6.45) is 9.15. The molecule has 0 amide bonds. The predicted octanol–water partition coefficient (Wildman–Crippen LogP) is 3.14. The molecule has 5 aliphatic rings. The topological polar surface area (TPSA) is 72.3 Å². The van der Waals surface area contributed by atoms with Crippen molar-refractivity contribution in [1.82, 2.24) is 13.9 Å². The number of carbonyl (C=O) groups is 1. The molecule has 4 fully saturated rings. The van der Waals surface area contributed by atoms with E-state index in [1.54, 1.807) is 22.9 Å². The molecule has 3 saturated carbocycles. The van der Waals surface area contributed by atoms with Crippen molar-refractivity contribution in [2.75, 3.05) is 6.26 Å². The van der Waals surface area contributed by atoms with Crippen molar-refractivity contribution in [2.45, 2.75) is 56.7 Å². The summed E-state index contributed by atoms with van der Waals surface area (Å²) in [5, 5.41) is 0. The SMILES string of the molecule is CS(=O)(=O)N1C2CC3CC4(C(=O)CC5c6c(F)cccc6-c6cncn65)CC1C2(C3)C4. The molecule has 3 bridgehead atoms. The lowest BCUT2D eigenvalue weighted by molar-refractivity contribution is -0.131. The highest BCUT2D eigenvalue weighted by molar-refractivity contribution is 7.88. The van der Waals surface area contributed by atoms with Crippen molar-refractivity contribution in [3.63, 3.8) is 0 Å². The number of rotatable bonds is 4. The molecular weight excluding hydrogens is 417 g/mol. The van der Waals surface area contributed by atoms with E-state index in [0.29, 0.717) is 17.9 Å². The van der Waals surface area contributed by atoms with Gasteiger partial charge in [0.05, 0.1) is 30.5 Å². The fourth-order valence-corrected chi connectivity index (χ4v) is 9.83. The molecule has 6 unspecified atom stereocenters. The number of sulfonamides is 1. The number of imidazole rings is 1. The van der Waals surface area contributed by atoms with Crippen LogP contribution in [0.3, 0.4) is 0 Å². The van der Waals surface area contributed by atoms with Gasteiger partial charge in [-0.1, -0.05) is 12.1 Å². The zero-order valence-corrected chi connectivity index (χ0v) is 18.1. The lowest BCUT2D eigenvalue weighted by atomic mass is 9.64. The van der Waals surface area contributed by atoms with Crippen molar-refractivity contribution in [3.8, 4) is 11.3 Å². The quantitative estimate of drug-likeness (QED) is 0.731. The lowest BCUT2D eigenvalue weighted by Gasteiger charge is -2.56. The van der Waals surface area contributed by atoms with Gasteiger partial charge in [-0.05, 0) is 44.1 Å². The van der Waals surface area contributed by atoms with Crippen LogP contribution >= 0.6 is 0 Å². The van der Waals surface area contributed by atoms with E-state index in [1.165, 1.54) is 12.3 Å². The number of halogens is 1. The predicted molar refractivity (Wildman–Crippen MR) is 111 cm³/mol. The van der Waals surface area contributed by atoms with Crippen LogP contribution in [-0.4, -0.2) is 46.4 Å². The Balaban J connectivity index is 1.25. The molecule has 0 radical (unpaired) electrons. The summed E-state index contributed by atoms with van der Waals surface area (Å²) in [4.78, 5) is 18.1. The summed E-state index contributed by atoms with van der Waals surface area (Å²) in [7, 11) is -3.28. The zero-order valence-electron chi connectivity index (χ0n) is 17.3. The van der Waals surface area contributed by atoms with Crippen LogP contribution in [-0.2, 0) is 14.8 Å². The second kappa shape index (κ2) is 5.46. The molecule has 1 spiro atoms. The van der Waals surface area contributed by atoms with Crippen molar-refractivity contribution in [2.24, 2.45) is 16.7 Å². The second-order valence-electron chi connectivity index (χ2n) is 10.6. The van der Waals surface area contributed by atoms with E-state index in [-0.39, 0.29) is 41.6 Å². The van der Waals surface area contributed by atoms with Crippen LogP contribution in [0.5, 0.6) is 0 Å². The first-order valence-corrected chi connectivity index (χ1v) is 12.9. The summed E-state index contributed by atoms with van der Waals surface area (Å²) in [6.45, 7) is 0. The van der Waals surface area contributed by atoms with Gasteiger partial charge < -0.3 is 4.57 Å². The van der Waals surface area contributed by atoms with Crippen LogP contribution in [0.15, 0.2) is 30.7 Å². The van der Waals surface area contributed by atoms with Crippen LogP contribution in [0.1, 0.15) is 50.1 Å². The first kappa shape index (κ1) is 18.5. The summed E-state index contributed by atoms with van der Waals surface area (Å²) >= 11 is 0. The number of hydrogen-bond donors (Lipinski definition) is 0. The first-order valence-electron chi connectivity index (χ1n) is 11.1. The summed E-state index contributed by atoms with van der Waals surface area (Å²) in [5.41, 5.74) is 1.75. The number of aromatic nitrogens is 2. The Kier molecular flexibility index (Phi) is 3.26. The molecule has 1 aromatic carbocycles. The third-order valence-electron chi connectivity index (χ3n) is 9.12. The van der Waals surface area contributed by atoms with Crippen molar-refractivity contribution in [1.29, 1.82) is 0 Å². The number of ketones is 1. The number of benzene rings is 1.